The lowest BCUT2D eigenvalue weighted by molar-refractivity contribution is -0.385. The van der Waals surface area contributed by atoms with E-state index < -0.39 is 4.92 Å². The van der Waals surface area contributed by atoms with Crippen LogP contribution in [0, 0.1) is 10.1 Å². The number of anilines is 1. The molecule has 1 N–H and O–H groups in total. The molecule has 0 aliphatic carbocycles. The highest BCUT2D eigenvalue weighted by Gasteiger charge is 2.04. The first-order chi connectivity index (χ1) is 9.70. The van der Waals surface area contributed by atoms with Crippen LogP contribution >= 0.6 is 0 Å². The summed E-state index contributed by atoms with van der Waals surface area (Å²) in [6.45, 7) is 0. The number of nitro groups is 1. The molecule has 0 aliphatic heterocycles. The van der Waals surface area contributed by atoms with Crippen LogP contribution in [-0.2, 0) is 0 Å². The first-order valence-electron chi connectivity index (χ1n) is 5.73. The fourth-order valence-corrected chi connectivity index (χ4v) is 1.50. The van der Waals surface area contributed by atoms with E-state index in [0.29, 0.717) is 11.6 Å². The van der Waals surface area contributed by atoms with Gasteiger partial charge in [0.1, 0.15) is 17.8 Å². The van der Waals surface area contributed by atoms with Gasteiger partial charge in [-0.25, -0.2) is 4.98 Å². The van der Waals surface area contributed by atoms with E-state index in [1.54, 1.807) is 13.3 Å². The quantitative estimate of drug-likeness (QED) is 0.513. The number of para-hydroxylation sites is 1. The number of hydrogen-bond acceptors (Lipinski definition) is 6. The molecule has 1 aromatic carbocycles. The number of pyridine rings is 1. The number of benzene rings is 1. The molecule has 0 spiro atoms. The van der Waals surface area contributed by atoms with Gasteiger partial charge < -0.3 is 4.74 Å². The van der Waals surface area contributed by atoms with Gasteiger partial charge in [0, 0.05) is 11.6 Å². The summed E-state index contributed by atoms with van der Waals surface area (Å²) in [6, 6.07) is 10.2. The van der Waals surface area contributed by atoms with Gasteiger partial charge in [-0.2, -0.15) is 5.10 Å². The van der Waals surface area contributed by atoms with E-state index in [9.17, 15) is 10.1 Å². The van der Waals surface area contributed by atoms with E-state index in [2.05, 4.69) is 15.5 Å². The Morgan fingerprint density at radius 1 is 1.35 bits per heavy atom. The molecule has 0 atom stereocenters. The predicted octanol–water partition coefficient (Wildman–Crippen LogP) is 2.44. The van der Waals surface area contributed by atoms with Gasteiger partial charge in [0.2, 0.25) is 0 Å². The molecule has 1 heterocycles. The normalized spacial score (nSPS) is 10.4. The van der Waals surface area contributed by atoms with Crippen molar-refractivity contribution in [2.45, 2.75) is 0 Å². The number of nitrogens with one attached hydrogen (secondary N) is 1. The molecule has 7 heteroatoms. The highest BCUT2D eigenvalue weighted by molar-refractivity contribution is 5.83. The fourth-order valence-electron chi connectivity index (χ4n) is 1.50. The number of nitrogens with zero attached hydrogens (tertiary/aromatic N) is 3. The van der Waals surface area contributed by atoms with Gasteiger partial charge in [-0.1, -0.05) is 12.1 Å². The molecule has 20 heavy (non-hydrogen) atoms. The smallest absolute Gasteiger partial charge is 0.287 e. The van der Waals surface area contributed by atoms with E-state index in [-0.39, 0.29) is 5.69 Å². The van der Waals surface area contributed by atoms with Crippen LogP contribution in [-0.4, -0.2) is 23.2 Å². The van der Waals surface area contributed by atoms with Crippen molar-refractivity contribution in [1.29, 1.82) is 0 Å². The van der Waals surface area contributed by atoms with E-state index in [1.807, 2.05) is 24.3 Å². The van der Waals surface area contributed by atoms with Gasteiger partial charge in [0.25, 0.3) is 5.69 Å². The Kier molecular flexibility index (Phi) is 4.23. The summed E-state index contributed by atoms with van der Waals surface area (Å²) in [5.41, 5.74) is 3.43. The maximum atomic E-state index is 10.5. The van der Waals surface area contributed by atoms with Gasteiger partial charge in [0.15, 0.2) is 0 Å². The van der Waals surface area contributed by atoms with Crippen LogP contribution in [0.5, 0.6) is 5.75 Å². The number of rotatable bonds is 5. The Morgan fingerprint density at radius 2 is 2.15 bits per heavy atom. The third-order valence-electron chi connectivity index (χ3n) is 2.48. The van der Waals surface area contributed by atoms with E-state index in [4.69, 9.17) is 4.74 Å². The molecule has 0 fully saturated rings. The van der Waals surface area contributed by atoms with Crippen molar-refractivity contribution in [3.05, 3.63) is 58.3 Å². The van der Waals surface area contributed by atoms with Crippen LogP contribution in [0.25, 0.3) is 0 Å². The third kappa shape index (κ3) is 3.29. The molecular weight excluding hydrogens is 260 g/mol. The summed E-state index contributed by atoms with van der Waals surface area (Å²) in [7, 11) is 1.58. The second kappa shape index (κ2) is 6.28. The first-order valence-corrected chi connectivity index (χ1v) is 5.73. The number of hydrazone groups is 1. The zero-order valence-electron chi connectivity index (χ0n) is 10.7. The molecular formula is C13H12N4O3. The minimum absolute atomic E-state index is 0.0655. The molecule has 102 valence electrons. The van der Waals surface area contributed by atoms with Crippen LogP contribution in [0.15, 0.2) is 47.7 Å². The zero-order valence-corrected chi connectivity index (χ0v) is 10.7. The number of hydrogen-bond donors (Lipinski definition) is 1. The Hall–Kier alpha value is -2.96. The van der Waals surface area contributed by atoms with Crippen molar-refractivity contribution < 1.29 is 9.66 Å². The van der Waals surface area contributed by atoms with Crippen LogP contribution in [0.4, 0.5) is 11.5 Å². The predicted molar refractivity (Wildman–Crippen MR) is 75.1 cm³/mol. The van der Waals surface area contributed by atoms with Crippen LogP contribution in [0.1, 0.15) is 5.56 Å². The van der Waals surface area contributed by atoms with Crippen molar-refractivity contribution in [2.75, 3.05) is 12.5 Å². The van der Waals surface area contributed by atoms with Crippen LogP contribution in [0.2, 0.25) is 0 Å². The van der Waals surface area contributed by atoms with E-state index in [1.165, 1.54) is 18.3 Å². The average Bonchev–Trinajstić information content (AvgIpc) is 2.48. The summed E-state index contributed by atoms with van der Waals surface area (Å²) in [5, 5.41) is 14.5. The Bertz CT molecular complexity index is 626. The van der Waals surface area contributed by atoms with Gasteiger partial charge in [-0.3, -0.25) is 15.5 Å². The summed E-state index contributed by atoms with van der Waals surface area (Å²) in [5.74, 6) is 1.12. The summed E-state index contributed by atoms with van der Waals surface area (Å²) in [6.07, 6.45) is 2.75. The fraction of sp³-hybridized carbons (Fsp3) is 0.0769. The van der Waals surface area contributed by atoms with Crippen molar-refractivity contribution in [1.82, 2.24) is 4.98 Å². The van der Waals surface area contributed by atoms with Gasteiger partial charge in [-0.05, 0) is 18.2 Å². The van der Waals surface area contributed by atoms with E-state index >= 15 is 0 Å². The second-order valence-corrected chi connectivity index (χ2v) is 3.77. The maximum absolute atomic E-state index is 10.5. The minimum atomic E-state index is -0.505. The highest BCUT2D eigenvalue weighted by atomic mass is 16.6. The van der Waals surface area contributed by atoms with E-state index in [0.717, 1.165) is 5.56 Å². The molecule has 0 amide bonds. The molecule has 1 aromatic heterocycles. The molecule has 0 bridgehead atoms. The Morgan fingerprint density at radius 3 is 2.80 bits per heavy atom. The van der Waals surface area contributed by atoms with Gasteiger partial charge >= 0.3 is 0 Å². The average molecular weight is 272 g/mol. The maximum Gasteiger partial charge on any atom is 0.287 e. The lowest BCUT2D eigenvalue weighted by Gasteiger charge is -2.03. The van der Waals surface area contributed by atoms with Crippen molar-refractivity contribution in [3.8, 4) is 5.75 Å². The molecule has 0 radical (unpaired) electrons. The lowest BCUT2D eigenvalue weighted by atomic mass is 10.2. The first kappa shape index (κ1) is 13.5. The van der Waals surface area contributed by atoms with Crippen LogP contribution < -0.4 is 10.2 Å². The molecule has 2 aromatic rings. The number of ether oxygens (including phenoxy) is 1. The summed E-state index contributed by atoms with van der Waals surface area (Å²) >= 11 is 0. The second-order valence-electron chi connectivity index (χ2n) is 3.77. The number of methoxy groups -OCH3 is 1. The van der Waals surface area contributed by atoms with Gasteiger partial charge in [0.05, 0.1) is 18.2 Å². The van der Waals surface area contributed by atoms with Crippen molar-refractivity contribution >= 4 is 17.7 Å². The summed E-state index contributed by atoms with van der Waals surface area (Å²) in [4.78, 5) is 13.9. The third-order valence-corrected chi connectivity index (χ3v) is 2.48. The number of aromatic nitrogens is 1. The Labute approximate surface area is 115 Å². The topological polar surface area (TPSA) is 89.6 Å². The van der Waals surface area contributed by atoms with Crippen LogP contribution in [0.3, 0.4) is 0 Å². The molecule has 0 saturated heterocycles. The molecule has 2 rings (SSSR count). The molecule has 7 nitrogen and oxygen atoms in total. The lowest BCUT2D eigenvalue weighted by Crippen LogP contribution is -1.96. The summed E-state index contributed by atoms with van der Waals surface area (Å²) < 4.78 is 5.18. The highest BCUT2D eigenvalue weighted by Crippen LogP contribution is 2.15. The largest absolute Gasteiger partial charge is 0.496 e. The SMILES string of the molecule is COc1ccccc1/C=N\Nc1ccc([N+](=O)[O-])cn1. The van der Waals surface area contributed by atoms with Crippen molar-refractivity contribution in [2.24, 2.45) is 5.10 Å². The zero-order chi connectivity index (χ0) is 14.4. The molecule has 0 saturated carbocycles. The molecule has 0 aliphatic rings. The standard InChI is InChI=1S/C13H12N4O3/c1-20-12-5-3-2-4-10(12)8-15-16-13-7-6-11(9-14-13)17(18)19/h2-9H,1H3,(H,14,16)/b15-8-. The monoisotopic (exact) mass is 272 g/mol. The van der Waals surface area contributed by atoms with Gasteiger partial charge in [-0.15, -0.1) is 0 Å². The minimum Gasteiger partial charge on any atom is -0.496 e. The van der Waals surface area contributed by atoms with Crippen molar-refractivity contribution in [3.63, 3.8) is 0 Å². The Balaban J connectivity index is 2.04. The molecule has 0 unspecified atom stereocenters.